The fraction of sp³-hybridized carbons (Fsp3) is 0.625. The van der Waals surface area contributed by atoms with Crippen LogP contribution in [0.4, 0.5) is 0 Å². The molecule has 1 N–H and O–H groups in total. The largest absolute Gasteiger partial charge is 0.492 e. The Kier molecular flexibility index (Phi) is 5.67. The molecule has 3 nitrogen and oxygen atoms in total. The lowest BCUT2D eigenvalue weighted by Gasteiger charge is -2.20. The highest BCUT2D eigenvalue weighted by atomic mass is 16.5. The Balaban J connectivity index is 1.75. The van der Waals surface area contributed by atoms with Crippen LogP contribution < -0.4 is 10.1 Å². The molecule has 0 spiro atoms. The molecule has 0 aliphatic carbocycles. The second kappa shape index (κ2) is 7.51. The standard InChI is InChI=1S/C16H26N2O/c1-3-17-13-15-7-4-8-16(12-15)19-11-10-18-9-5-6-14(18)2/h4,7-8,12,14,17H,3,5-6,9-11,13H2,1-2H3. The molecule has 19 heavy (non-hydrogen) atoms. The molecule has 1 saturated heterocycles. The summed E-state index contributed by atoms with van der Waals surface area (Å²) in [7, 11) is 0. The van der Waals surface area contributed by atoms with E-state index in [1.165, 1.54) is 24.9 Å². The van der Waals surface area contributed by atoms with Gasteiger partial charge in [0.1, 0.15) is 12.4 Å². The third kappa shape index (κ3) is 4.51. The van der Waals surface area contributed by atoms with E-state index in [0.717, 1.165) is 38.0 Å². The Morgan fingerprint density at radius 3 is 3.05 bits per heavy atom. The number of nitrogens with zero attached hydrogens (tertiary/aromatic N) is 1. The normalized spacial score (nSPS) is 19.8. The van der Waals surface area contributed by atoms with Gasteiger partial charge in [0.2, 0.25) is 0 Å². The second-order valence-electron chi connectivity index (χ2n) is 5.30. The highest BCUT2D eigenvalue weighted by Gasteiger charge is 2.19. The van der Waals surface area contributed by atoms with Crippen LogP contribution in [0.1, 0.15) is 32.3 Å². The van der Waals surface area contributed by atoms with Crippen molar-refractivity contribution >= 4 is 0 Å². The van der Waals surface area contributed by atoms with Gasteiger partial charge in [0, 0.05) is 19.1 Å². The SMILES string of the molecule is CCNCc1cccc(OCCN2CCCC2C)c1. The molecule has 1 aromatic rings. The van der Waals surface area contributed by atoms with E-state index in [9.17, 15) is 0 Å². The average Bonchev–Trinajstić information content (AvgIpc) is 2.83. The van der Waals surface area contributed by atoms with E-state index in [1.807, 2.05) is 6.07 Å². The van der Waals surface area contributed by atoms with Gasteiger partial charge in [-0.3, -0.25) is 4.90 Å². The zero-order valence-corrected chi connectivity index (χ0v) is 12.2. The van der Waals surface area contributed by atoms with Crippen LogP contribution in [0.5, 0.6) is 5.75 Å². The lowest BCUT2D eigenvalue weighted by atomic mass is 10.2. The minimum Gasteiger partial charge on any atom is -0.492 e. The van der Waals surface area contributed by atoms with Crippen LogP contribution in [0, 0.1) is 0 Å². The number of hydrogen-bond acceptors (Lipinski definition) is 3. The zero-order chi connectivity index (χ0) is 13.5. The maximum absolute atomic E-state index is 5.87. The minimum atomic E-state index is 0.726. The summed E-state index contributed by atoms with van der Waals surface area (Å²) >= 11 is 0. The Morgan fingerprint density at radius 1 is 1.42 bits per heavy atom. The zero-order valence-electron chi connectivity index (χ0n) is 12.2. The van der Waals surface area contributed by atoms with Gasteiger partial charge in [0.15, 0.2) is 0 Å². The van der Waals surface area contributed by atoms with Gasteiger partial charge in [-0.2, -0.15) is 0 Å². The van der Waals surface area contributed by atoms with Crippen molar-refractivity contribution in [2.75, 3.05) is 26.2 Å². The summed E-state index contributed by atoms with van der Waals surface area (Å²) < 4.78 is 5.87. The van der Waals surface area contributed by atoms with E-state index >= 15 is 0 Å². The van der Waals surface area contributed by atoms with Crippen LogP contribution >= 0.6 is 0 Å². The van der Waals surface area contributed by atoms with Crippen LogP contribution in [0.3, 0.4) is 0 Å². The van der Waals surface area contributed by atoms with Crippen LogP contribution in [0.25, 0.3) is 0 Å². The fourth-order valence-corrected chi connectivity index (χ4v) is 2.62. The van der Waals surface area contributed by atoms with Crippen LogP contribution in [0.15, 0.2) is 24.3 Å². The van der Waals surface area contributed by atoms with E-state index in [1.54, 1.807) is 0 Å². The molecule has 1 unspecified atom stereocenters. The topological polar surface area (TPSA) is 24.5 Å². The summed E-state index contributed by atoms with van der Waals surface area (Å²) in [4.78, 5) is 2.52. The Morgan fingerprint density at radius 2 is 2.32 bits per heavy atom. The van der Waals surface area contributed by atoms with E-state index in [0.29, 0.717) is 0 Å². The van der Waals surface area contributed by atoms with E-state index in [2.05, 4.69) is 42.3 Å². The Hall–Kier alpha value is -1.06. The fourth-order valence-electron chi connectivity index (χ4n) is 2.62. The van der Waals surface area contributed by atoms with Gasteiger partial charge in [0.05, 0.1) is 0 Å². The molecule has 106 valence electrons. The van der Waals surface area contributed by atoms with E-state index < -0.39 is 0 Å². The van der Waals surface area contributed by atoms with Gasteiger partial charge in [-0.1, -0.05) is 19.1 Å². The molecule has 0 radical (unpaired) electrons. The van der Waals surface area contributed by atoms with Crippen molar-refractivity contribution in [3.8, 4) is 5.75 Å². The van der Waals surface area contributed by atoms with Crippen molar-refractivity contribution in [2.24, 2.45) is 0 Å². The molecule has 1 heterocycles. The first-order chi connectivity index (χ1) is 9.29. The molecule has 0 saturated carbocycles. The minimum absolute atomic E-state index is 0.726. The number of hydrogen-bond donors (Lipinski definition) is 1. The summed E-state index contributed by atoms with van der Waals surface area (Å²) in [5.74, 6) is 0.988. The van der Waals surface area contributed by atoms with Crippen molar-refractivity contribution in [3.63, 3.8) is 0 Å². The molecule has 0 amide bonds. The monoisotopic (exact) mass is 262 g/mol. The number of benzene rings is 1. The molecule has 2 rings (SSSR count). The second-order valence-corrected chi connectivity index (χ2v) is 5.30. The van der Waals surface area contributed by atoms with Gasteiger partial charge in [0.25, 0.3) is 0 Å². The predicted octanol–water partition coefficient (Wildman–Crippen LogP) is 2.66. The highest BCUT2D eigenvalue weighted by Crippen LogP contribution is 2.17. The molecule has 1 atom stereocenters. The number of ether oxygens (including phenoxy) is 1. The molecule has 1 fully saturated rings. The van der Waals surface area contributed by atoms with E-state index in [4.69, 9.17) is 4.74 Å². The lowest BCUT2D eigenvalue weighted by Crippen LogP contribution is -2.31. The summed E-state index contributed by atoms with van der Waals surface area (Å²) in [5.41, 5.74) is 1.29. The van der Waals surface area contributed by atoms with Crippen molar-refractivity contribution in [3.05, 3.63) is 29.8 Å². The summed E-state index contributed by atoms with van der Waals surface area (Å²) in [6.07, 6.45) is 2.66. The van der Waals surface area contributed by atoms with Crippen molar-refractivity contribution < 1.29 is 4.74 Å². The molecule has 1 aliphatic heterocycles. The first-order valence-corrected chi connectivity index (χ1v) is 7.46. The number of rotatable bonds is 7. The van der Waals surface area contributed by atoms with Gasteiger partial charge >= 0.3 is 0 Å². The quantitative estimate of drug-likeness (QED) is 0.817. The first kappa shape index (κ1) is 14.4. The van der Waals surface area contributed by atoms with Gasteiger partial charge in [-0.15, -0.1) is 0 Å². The Labute approximate surface area is 116 Å². The molecule has 0 aromatic heterocycles. The summed E-state index contributed by atoms with van der Waals surface area (Å²) in [5, 5.41) is 3.33. The Bertz CT molecular complexity index is 381. The highest BCUT2D eigenvalue weighted by molar-refractivity contribution is 5.28. The van der Waals surface area contributed by atoms with Crippen LogP contribution in [-0.2, 0) is 6.54 Å². The average molecular weight is 262 g/mol. The van der Waals surface area contributed by atoms with Crippen molar-refractivity contribution in [1.82, 2.24) is 10.2 Å². The van der Waals surface area contributed by atoms with Gasteiger partial charge in [-0.25, -0.2) is 0 Å². The van der Waals surface area contributed by atoms with Crippen molar-refractivity contribution in [1.29, 1.82) is 0 Å². The smallest absolute Gasteiger partial charge is 0.119 e. The lowest BCUT2D eigenvalue weighted by molar-refractivity contribution is 0.204. The third-order valence-corrected chi connectivity index (χ3v) is 3.82. The molecule has 1 aromatic carbocycles. The van der Waals surface area contributed by atoms with Crippen LogP contribution in [0.2, 0.25) is 0 Å². The van der Waals surface area contributed by atoms with Gasteiger partial charge < -0.3 is 10.1 Å². The third-order valence-electron chi connectivity index (χ3n) is 3.82. The predicted molar refractivity (Wildman–Crippen MR) is 79.6 cm³/mol. The number of likely N-dealkylation sites (tertiary alicyclic amines) is 1. The summed E-state index contributed by atoms with van der Waals surface area (Å²) in [6.45, 7) is 9.40. The van der Waals surface area contributed by atoms with Gasteiger partial charge in [-0.05, 0) is 50.6 Å². The maximum Gasteiger partial charge on any atom is 0.119 e. The number of nitrogens with one attached hydrogen (secondary N) is 1. The summed E-state index contributed by atoms with van der Waals surface area (Å²) in [6, 6.07) is 9.11. The maximum atomic E-state index is 5.87. The molecular formula is C16H26N2O. The molecule has 1 aliphatic rings. The molecule has 3 heteroatoms. The molecular weight excluding hydrogens is 236 g/mol. The van der Waals surface area contributed by atoms with Crippen LogP contribution in [-0.4, -0.2) is 37.2 Å². The molecule has 0 bridgehead atoms. The van der Waals surface area contributed by atoms with E-state index in [-0.39, 0.29) is 0 Å². The van der Waals surface area contributed by atoms with Crippen molar-refractivity contribution in [2.45, 2.75) is 39.3 Å². The first-order valence-electron chi connectivity index (χ1n) is 7.46.